The van der Waals surface area contributed by atoms with Gasteiger partial charge in [0.25, 0.3) is 5.91 Å². The summed E-state index contributed by atoms with van der Waals surface area (Å²) in [5.74, 6) is -1.31. The molecule has 15 nitrogen and oxygen atoms in total. The van der Waals surface area contributed by atoms with E-state index in [1.807, 2.05) is 62.1 Å². The fraction of sp³-hybridized carbons (Fsp3) is 0.740. The van der Waals surface area contributed by atoms with E-state index in [9.17, 15) is 30.0 Å². The number of likely N-dealkylation sites (tertiary alicyclic amines) is 1. The van der Waals surface area contributed by atoms with E-state index in [1.54, 1.807) is 25.9 Å². The quantitative estimate of drug-likeness (QED) is 0.172. The summed E-state index contributed by atoms with van der Waals surface area (Å²) in [6, 6.07) is 9.50. The van der Waals surface area contributed by atoms with Gasteiger partial charge in [-0.25, -0.2) is 0 Å². The standard InChI is InChI=1S/C50H81N5O10/c1-10-43-39(30-56)25-32(2)16-17-41(51-62-31-44(58)55-22-20-54(21-23-55)40-14-12-11-13-15-40)35(5)26-38(18-19-53-28-33(3)24-34(4)29-53)49(36(6)42(57)27-45(59)64-43)65-50-48(61)46(52(8)9)47(60)37(7)63-50/h11-17,25,33-39,42-43,46-50,56-57,60-61H,10,18-24,26-31H2,1-9H3/b17-16+,32-25+,51-41-/t33?,34?,35-,36+,37-,38+,39?,42-,43-,46+,47-,48+,49-,50+/m1/s1. The first kappa shape index (κ1) is 52.6. The van der Waals surface area contributed by atoms with Gasteiger partial charge in [0.2, 0.25) is 0 Å². The Hall–Kier alpha value is -3.41. The number of allylic oxidation sites excluding steroid dienone is 3. The Morgan fingerprint density at radius 1 is 0.938 bits per heavy atom. The fourth-order valence-corrected chi connectivity index (χ4v) is 10.4. The third kappa shape index (κ3) is 14.8. The molecule has 0 aliphatic carbocycles. The van der Waals surface area contributed by atoms with Crippen molar-refractivity contribution in [1.29, 1.82) is 0 Å². The van der Waals surface area contributed by atoms with Crippen molar-refractivity contribution in [2.45, 2.75) is 130 Å². The predicted molar refractivity (Wildman–Crippen MR) is 252 cm³/mol. The van der Waals surface area contributed by atoms with Gasteiger partial charge in [0.05, 0.1) is 49.2 Å². The Morgan fingerprint density at radius 3 is 2.25 bits per heavy atom. The minimum Gasteiger partial charge on any atom is -0.462 e. The highest BCUT2D eigenvalue weighted by atomic mass is 16.7. The van der Waals surface area contributed by atoms with E-state index in [4.69, 9.17) is 19.0 Å². The third-order valence-electron chi connectivity index (χ3n) is 14.1. The van der Waals surface area contributed by atoms with Crippen molar-refractivity contribution in [3.63, 3.8) is 0 Å². The van der Waals surface area contributed by atoms with E-state index in [-0.39, 0.29) is 37.4 Å². The molecule has 0 saturated carbocycles. The SMILES string of the molecule is CC[C@H]1OC(=O)C[C@@H](O)[C@H](C)[C@@H](O[C@@H]2O[C@H](C)[C@@H](O)[C@H](N(C)C)[C@@H]2O)[C@@H](CCN2CC(C)CC(C)C2)C[C@@H](C)C(=N\OCC(=O)N2CCN(c3ccccc3)CC2)/C=C/C(C)=C/C1CO. The number of nitrogens with zero attached hydrogens (tertiary/aromatic N) is 5. The van der Waals surface area contributed by atoms with Crippen LogP contribution in [0.2, 0.25) is 0 Å². The van der Waals surface area contributed by atoms with Gasteiger partial charge in [-0.3, -0.25) is 9.59 Å². The molecular weight excluding hydrogens is 831 g/mol. The van der Waals surface area contributed by atoms with Crippen molar-refractivity contribution in [1.82, 2.24) is 14.7 Å². The van der Waals surface area contributed by atoms with E-state index < -0.39 is 66.8 Å². The van der Waals surface area contributed by atoms with Crippen molar-refractivity contribution in [3.05, 3.63) is 54.1 Å². The Kier molecular flexibility index (Phi) is 20.3. The Labute approximate surface area is 388 Å². The second kappa shape index (κ2) is 25.1. The van der Waals surface area contributed by atoms with Crippen LogP contribution in [0.3, 0.4) is 0 Å². The lowest BCUT2D eigenvalue weighted by molar-refractivity contribution is -0.304. The number of carbonyl (C=O) groups excluding carboxylic acids is 2. The minimum absolute atomic E-state index is 0.144. The lowest BCUT2D eigenvalue weighted by atomic mass is 9.79. The number of anilines is 1. The number of para-hydroxylation sites is 1. The van der Waals surface area contributed by atoms with Crippen LogP contribution in [0.25, 0.3) is 0 Å². The number of carbonyl (C=O) groups is 2. The summed E-state index contributed by atoms with van der Waals surface area (Å²) in [6.07, 6.45) is 1.55. The molecule has 0 radical (unpaired) electrons. The van der Waals surface area contributed by atoms with Gasteiger partial charge in [-0.15, -0.1) is 0 Å². The molecule has 1 amide bonds. The molecule has 0 aromatic heterocycles. The first-order chi connectivity index (χ1) is 31.0. The fourth-order valence-electron chi connectivity index (χ4n) is 10.4. The first-order valence-electron chi connectivity index (χ1n) is 24.2. The first-order valence-corrected chi connectivity index (χ1v) is 24.2. The molecule has 3 saturated heterocycles. The summed E-state index contributed by atoms with van der Waals surface area (Å²) < 4.78 is 19.1. The van der Waals surface area contributed by atoms with Crippen LogP contribution in [-0.2, 0) is 28.6 Å². The molecule has 4 aliphatic heterocycles. The van der Waals surface area contributed by atoms with Gasteiger partial charge >= 0.3 is 5.97 Å². The van der Waals surface area contributed by atoms with E-state index in [1.165, 1.54) is 6.42 Å². The molecule has 4 aliphatic rings. The van der Waals surface area contributed by atoms with Crippen molar-refractivity contribution in [2.24, 2.45) is 40.7 Å². The second-order valence-corrected chi connectivity index (χ2v) is 19.8. The number of rotatable bonds is 12. The van der Waals surface area contributed by atoms with Gasteiger partial charge in [-0.1, -0.05) is 75.7 Å². The maximum Gasteiger partial charge on any atom is 0.308 e. The van der Waals surface area contributed by atoms with Gasteiger partial charge in [0.15, 0.2) is 12.9 Å². The van der Waals surface area contributed by atoms with Crippen LogP contribution in [0.4, 0.5) is 5.69 Å². The molecule has 3 unspecified atom stereocenters. The maximum atomic E-state index is 13.6. The van der Waals surface area contributed by atoms with E-state index >= 15 is 0 Å². The van der Waals surface area contributed by atoms with Crippen LogP contribution in [-0.4, -0.2) is 175 Å². The molecule has 14 atom stereocenters. The van der Waals surface area contributed by atoms with Crippen molar-refractivity contribution in [2.75, 3.05) is 78.0 Å². The largest absolute Gasteiger partial charge is 0.462 e. The predicted octanol–water partition coefficient (Wildman–Crippen LogP) is 4.33. The summed E-state index contributed by atoms with van der Waals surface area (Å²) >= 11 is 0. The topological polar surface area (TPSA) is 177 Å². The number of hydrogen-bond acceptors (Lipinski definition) is 14. The molecule has 15 heteroatoms. The molecule has 1 aromatic rings. The van der Waals surface area contributed by atoms with E-state index in [2.05, 4.69) is 47.9 Å². The molecular formula is C50H81N5O10. The summed E-state index contributed by atoms with van der Waals surface area (Å²) in [7, 11) is 3.58. The summed E-state index contributed by atoms with van der Waals surface area (Å²) in [5, 5.41) is 49.9. The van der Waals surface area contributed by atoms with Gasteiger partial charge < -0.3 is 59.1 Å². The maximum absolute atomic E-state index is 13.6. The van der Waals surface area contributed by atoms with E-state index in [0.29, 0.717) is 63.0 Å². The van der Waals surface area contributed by atoms with Gasteiger partial charge in [0, 0.05) is 62.7 Å². The Morgan fingerprint density at radius 2 is 1.62 bits per heavy atom. The molecule has 0 spiro atoms. The van der Waals surface area contributed by atoms with Crippen LogP contribution in [0.15, 0.2) is 59.3 Å². The van der Waals surface area contributed by atoms with Crippen LogP contribution in [0.5, 0.6) is 0 Å². The average molecular weight is 912 g/mol. The molecule has 366 valence electrons. The van der Waals surface area contributed by atoms with Crippen LogP contribution < -0.4 is 4.90 Å². The number of hydrogen-bond donors (Lipinski definition) is 4. The number of oxime groups is 1. The highest BCUT2D eigenvalue weighted by Crippen LogP contribution is 2.36. The van der Waals surface area contributed by atoms with Crippen molar-refractivity contribution >= 4 is 23.3 Å². The van der Waals surface area contributed by atoms with Crippen LogP contribution in [0.1, 0.15) is 80.6 Å². The number of aliphatic hydroxyl groups is 4. The summed E-state index contributed by atoms with van der Waals surface area (Å²) in [5.41, 5.74) is 2.54. The number of cyclic esters (lactones) is 1. The number of likely N-dealkylation sites (N-methyl/N-ethyl adjacent to an activating group) is 1. The normalized spacial score (nSPS) is 37.1. The zero-order valence-electron chi connectivity index (χ0n) is 40.6. The molecule has 4 N–H and O–H groups in total. The summed E-state index contributed by atoms with van der Waals surface area (Å²) in [4.78, 5) is 41.3. The third-order valence-corrected chi connectivity index (χ3v) is 14.1. The number of piperidine rings is 1. The van der Waals surface area contributed by atoms with Crippen molar-refractivity contribution in [3.8, 4) is 0 Å². The zero-order chi connectivity index (χ0) is 47.4. The molecule has 5 rings (SSSR count). The van der Waals surface area contributed by atoms with Gasteiger partial charge in [-0.05, 0) is 96.1 Å². The Balaban J connectivity index is 1.49. The zero-order valence-corrected chi connectivity index (χ0v) is 40.6. The number of esters is 1. The minimum atomic E-state index is -1.23. The second-order valence-electron chi connectivity index (χ2n) is 19.8. The smallest absolute Gasteiger partial charge is 0.308 e. The highest BCUT2D eigenvalue weighted by molar-refractivity contribution is 5.96. The number of piperazine rings is 1. The number of benzene rings is 1. The van der Waals surface area contributed by atoms with Crippen molar-refractivity contribution < 1.29 is 49.1 Å². The van der Waals surface area contributed by atoms with Gasteiger partial charge in [0.1, 0.15) is 12.2 Å². The van der Waals surface area contributed by atoms with Crippen LogP contribution >= 0.6 is 0 Å². The Bertz CT molecular complexity index is 1710. The number of ether oxygens (including phenoxy) is 3. The average Bonchev–Trinajstić information content (AvgIpc) is 3.27. The molecule has 1 aromatic carbocycles. The summed E-state index contributed by atoms with van der Waals surface area (Å²) in [6.45, 7) is 18.8. The monoisotopic (exact) mass is 912 g/mol. The van der Waals surface area contributed by atoms with E-state index in [0.717, 1.165) is 30.9 Å². The van der Waals surface area contributed by atoms with Gasteiger partial charge in [-0.2, -0.15) is 0 Å². The number of aliphatic hydroxyl groups excluding tert-OH is 4. The molecule has 65 heavy (non-hydrogen) atoms. The highest BCUT2D eigenvalue weighted by Gasteiger charge is 2.47. The number of amides is 1. The molecule has 4 heterocycles. The molecule has 3 fully saturated rings. The van der Waals surface area contributed by atoms with Crippen LogP contribution in [0, 0.1) is 35.5 Å². The molecule has 0 bridgehead atoms. The lowest BCUT2D eigenvalue weighted by Gasteiger charge is -2.47. The lowest BCUT2D eigenvalue weighted by Crippen LogP contribution is -2.63.